The van der Waals surface area contributed by atoms with Crippen molar-refractivity contribution in [3.05, 3.63) is 95.8 Å². The molecule has 0 aromatic heterocycles. The fourth-order valence-corrected chi connectivity index (χ4v) is 5.55. The topological polar surface area (TPSA) is 86.8 Å². The van der Waals surface area contributed by atoms with Crippen molar-refractivity contribution in [3.8, 4) is 0 Å². The standard InChI is InChI=1S/C30H36FN3O4S/c1-6-27(29(36)32-30(3,4)5)33(20-23-14-16-24(31)17-15-23)28(35)21-34(25-18-12-22(2)13-19-25)39(37,38)26-10-8-7-9-11-26/h7-19,27H,6,20-21H2,1-5H3,(H,32,36). The van der Waals surface area contributed by atoms with E-state index < -0.39 is 39.9 Å². The molecule has 2 amide bonds. The third-order valence-corrected chi connectivity index (χ3v) is 7.87. The van der Waals surface area contributed by atoms with Gasteiger partial charge in [-0.05, 0) is 76.1 Å². The number of anilines is 1. The van der Waals surface area contributed by atoms with Gasteiger partial charge in [-0.2, -0.15) is 0 Å². The molecular formula is C30H36FN3O4S. The average molecular weight is 554 g/mol. The first kappa shape index (κ1) is 29.8. The number of nitrogens with one attached hydrogen (secondary N) is 1. The zero-order valence-corrected chi connectivity index (χ0v) is 23.8. The van der Waals surface area contributed by atoms with Crippen LogP contribution in [0.2, 0.25) is 0 Å². The van der Waals surface area contributed by atoms with Gasteiger partial charge >= 0.3 is 0 Å². The second kappa shape index (κ2) is 12.4. The van der Waals surface area contributed by atoms with Crippen molar-refractivity contribution in [1.29, 1.82) is 0 Å². The SMILES string of the molecule is CCC(C(=O)NC(C)(C)C)N(Cc1ccc(F)cc1)C(=O)CN(c1ccc(C)cc1)S(=O)(=O)c1ccccc1. The van der Waals surface area contributed by atoms with E-state index in [1.165, 1.54) is 29.2 Å². The summed E-state index contributed by atoms with van der Waals surface area (Å²) in [6.45, 7) is 8.68. The van der Waals surface area contributed by atoms with Crippen LogP contribution in [0.3, 0.4) is 0 Å². The van der Waals surface area contributed by atoms with E-state index >= 15 is 0 Å². The van der Waals surface area contributed by atoms with Crippen LogP contribution in [0.1, 0.15) is 45.2 Å². The monoisotopic (exact) mass is 553 g/mol. The van der Waals surface area contributed by atoms with E-state index in [0.29, 0.717) is 17.7 Å². The van der Waals surface area contributed by atoms with E-state index in [2.05, 4.69) is 5.32 Å². The first-order valence-electron chi connectivity index (χ1n) is 12.8. The zero-order valence-electron chi connectivity index (χ0n) is 23.0. The Morgan fingerprint density at radius 2 is 1.51 bits per heavy atom. The number of hydrogen-bond acceptors (Lipinski definition) is 4. The van der Waals surface area contributed by atoms with E-state index in [0.717, 1.165) is 9.87 Å². The summed E-state index contributed by atoms with van der Waals surface area (Å²) in [7, 11) is -4.12. The van der Waals surface area contributed by atoms with Crippen LogP contribution in [-0.2, 0) is 26.2 Å². The third-order valence-electron chi connectivity index (χ3n) is 6.08. The Balaban J connectivity index is 2.05. The lowest BCUT2D eigenvalue weighted by atomic mass is 10.1. The van der Waals surface area contributed by atoms with Crippen LogP contribution in [0.5, 0.6) is 0 Å². The molecule has 3 aromatic carbocycles. The molecule has 208 valence electrons. The van der Waals surface area contributed by atoms with Crippen molar-refractivity contribution in [2.75, 3.05) is 10.8 Å². The molecule has 1 atom stereocenters. The first-order valence-corrected chi connectivity index (χ1v) is 14.3. The molecule has 0 bridgehead atoms. The maximum absolute atomic E-state index is 14.0. The Morgan fingerprint density at radius 1 is 0.923 bits per heavy atom. The van der Waals surface area contributed by atoms with E-state index in [1.54, 1.807) is 61.5 Å². The summed E-state index contributed by atoms with van der Waals surface area (Å²) >= 11 is 0. The highest BCUT2D eigenvalue weighted by Crippen LogP contribution is 2.25. The predicted molar refractivity (Wildman–Crippen MR) is 151 cm³/mol. The van der Waals surface area contributed by atoms with E-state index in [-0.39, 0.29) is 17.3 Å². The van der Waals surface area contributed by atoms with Crippen LogP contribution in [0, 0.1) is 12.7 Å². The molecule has 0 aliphatic carbocycles. The number of amides is 2. The highest BCUT2D eigenvalue weighted by molar-refractivity contribution is 7.92. The van der Waals surface area contributed by atoms with Crippen LogP contribution in [0.15, 0.2) is 83.8 Å². The quantitative estimate of drug-likeness (QED) is 0.381. The molecule has 0 spiro atoms. The van der Waals surface area contributed by atoms with Gasteiger partial charge in [-0.15, -0.1) is 0 Å². The highest BCUT2D eigenvalue weighted by atomic mass is 32.2. The van der Waals surface area contributed by atoms with E-state index in [4.69, 9.17) is 0 Å². The zero-order chi connectivity index (χ0) is 28.8. The van der Waals surface area contributed by atoms with Gasteiger partial charge in [-0.25, -0.2) is 12.8 Å². The summed E-state index contributed by atoms with van der Waals surface area (Å²) in [4.78, 5) is 28.7. The predicted octanol–water partition coefficient (Wildman–Crippen LogP) is 5.05. The molecule has 1 unspecified atom stereocenters. The van der Waals surface area contributed by atoms with Gasteiger partial charge in [-0.1, -0.05) is 55.0 Å². The fourth-order valence-electron chi connectivity index (χ4n) is 4.12. The molecule has 3 aromatic rings. The molecule has 0 heterocycles. The van der Waals surface area contributed by atoms with Crippen molar-refractivity contribution in [2.45, 2.75) is 64.1 Å². The van der Waals surface area contributed by atoms with Crippen molar-refractivity contribution in [2.24, 2.45) is 0 Å². The van der Waals surface area contributed by atoms with Gasteiger partial charge in [0.2, 0.25) is 11.8 Å². The number of rotatable bonds is 10. The second-order valence-electron chi connectivity index (χ2n) is 10.5. The molecule has 0 saturated carbocycles. The number of hydrogen-bond donors (Lipinski definition) is 1. The molecule has 3 rings (SSSR count). The van der Waals surface area contributed by atoms with Gasteiger partial charge in [0.15, 0.2) is 0 Å². The number of carbonyl (C=O) groups is 2. The average Bonchev–Trinajstić information content (AvgIpc) is 2.88. The van der Waals surface area contributed by atoms with Gasteiger partial charge in [0.1, 0.15) is 18.4 Å². The van der Waals surface area contributed by atoms with Crippen LogP contribution in [0.25, 0.3) is 0 Å². The van der Waals surface area contributed by atoms with Crippen molar-refractivity contribution in [3.63, 3.8) is 0 Å². The summed E-state index contributed by atoms with van der Waals surface area (Å²) in [5.74, 6) is -1.34. The van der Waals surface area contributed by atoms with Gasteiger partial charge in [0.25, 0.3) is 10.0 Å². The summed E-state index contributed by atoms with van der Waals surface area (Å²) in [5, 5.41) is 2.92. The summed E-state index contributed by atoms with van der Waals surface area (Å²) in [5.41, 5.74) is 1.33. The molecule has 1 N–H and O–H groups in total. The molecule has 39 heavy (non-hydrogen) atoms. The normalized spacial score (nSPS) is 12.5. The molecular weight excluding hydrogens is 517 g/mol. The minimum absolute atomic E-state index is 0.00229. The Hall–Kier alpha value is -3.72. The number of aryl methyl sites for hydroxylation is 1. The lowest BCUT2D eigenvalue weighted by Crippen LogP contribution is -2.55. The number of sulfonamides is 1. The second-order valence-corrected chi connectivity index (χ2v) is 12.3. The maximum Gasteiger partial charge on any atom is 0.264 e. The van der Waals surface area contributed by atoms with Gasteiger partial charge < -0.3 is 10.2 Å². The maximum atomic E-state index is 14.0. The lowest BCUT2D eigenvalue weighted by molar-refractivity contribution is -0.141. The van der Waals surface area contributed by atoms with Crippen LogP contribution < -0.4 is 9.62 Å². The minimum atomic E-state index is -4.12. The Morgan fingerprint density at radius 3 is 2.05 bits per heavy atom. The number of nitrogens with zero attached hydrogens (tertiary/aromatic N) is 2. The van der Waals surface area contributed by atoms with Crippen molar-refractivity contribution in [1.82, 2.24) is 10.2 Å². The van der Waals surface area contributed by atoms with Crippen molar-refractivity contribution >= 4 is 27.5 Å². The van der Waals surface area contributed by atoms with Gasteiger partial charge in [0.05, 0.1) is 10.6 Å². The fraction of sp³-hybridized carbons (Fsp3) is 0.333. The Labute approximate surface area is 230 Å². The van der Waals surface area contributed by atoms with Crippen LogP contribution in [-0.4, -0.2) is 43.3 Å². The van der Waals surface area contributed by atoms with E-state index in [9.17, 15) is 22.4 Å². The third kappa shape index (κ3) is 7.89. The first-order chi connectivity index (χ1) is 18.3. The van der Waals surface area contributed by atoms with Gasteiger partial charge in [-0.3, -0.25) is 13.9 Å². The molecule has 0 radical (unpaired) electrons. The molecule has 0 fully saturated rings. The number of halogens is 1. The smallest absolute Gasteiger partial charge is 0.264 e. The number of carbonyl (C=O) groups excluding carboxylic acids is 2. The molecule has 7 nitrogen and oxygen atoms in total. The van der Waals surface area contributed by atoms with Crippen LogP contribution in [0.4, 0.5) is 10.1 Å². The molecule has 9 heteroatoms. The van der Waals surface area contributed by atoms with Gasteiger partial charge in [0, 0.05) is 12.1 Å². The summed E-state index contributed by atoms with van der Waals surface area (Å²) in [6.07, 6.45) is 0.296. The van der Waals surface area contributed by atoms with E-state index in [1.807, 2.05) is 27.7 Å². The number of benzene rings is 3. The highest BCUT2D eigenvalue weighted by Gasteiger charge is 2.34. The Kier molecular flexibility index (Phi) is 9.50. The largest absolute Gasteiger partial charge is 0.350 e. The van der Waals surface area contributed by atoms with Crippen molar-refractivity contribution < 1.29 is 22.4 Å². The summed E-state index contributed by atoms with van der Waals surface area (Å²) < 4.78 is 42.2. The molecule has 0 aliphatic heterocycles. The summed E-state index contributed by atoms with van der Waals surface area (Å²) in [6, 6.07) is 19.5. The minimum Gasteiger partial charge on any atom is -0.350 e. The molecule has 0 aliphatic rings. The van der Waals surface area contributed by atoms with Crippen LogP contribution >= 0.6 is 0 Å². The molecule has 0 saturated heterocycles. The lowest BCUT2D eigenvalue weighted by Gasteiger charge is -2.34. The Bertz CT molecular complexity index is 1370.